The van der Waals surface area contributed by atoms with Gasteiger partial charge in [0, 0.05) is 49.7 Å². The predicted molar refractivity (Wildman–Crippen MR) is 154 cm³/mol. The van der Waals surface area contributed by atoms with Crippen LogP contribution in [0.3, 0.4) is 0 Å². The number of H-pyrrole nitrogens is 1. The number of aromatic amines is 1. The third-order valence-corrected chi connectivity index (χ3v) is 8.61. The van der Waals surface area contributed by atoms with Gasteiger partial charge in [-0.15, -0.1) is 0 Å². The van der Waals surface area contributed by atoms with Crippen molar-refractivity contribution < 1.29 is 9.59 Å². The number of carbonyl (C=O) groups is 2. The highest BCUT2D eigenvalue weighted by atomic mass is 16.2. The molecule has 6 heteroatoms. The van der Waals surface area contributed by atoms with E-state index in [1.807, 2.05) is 59.6 Å². The first-order valence-corrected chi connectivity index (χ1v) is 14.1. The molecule has 2 fully saturated rings. The maximum absolute atomic E-state index is 14.1. The molecule has 3 heterocycles. The zero-order chi connectivity index (χ0) is 26.7. The SMILES string of the molecule is O=C1C(Cc2ccccc2)NC(=O)C2(CCN(CCc3ccccc3)CC2)N1CCc1c[nH]c2ccccc12. The van der Waals surface area contributed by atoms with Gasteiger partial charge in [0.25, 0.3) is 0 Å². The molecule has 1 spiro atoms. The molecule has 1 unspecified atom stereocenters. The monoisotopic (exact) mass is 520 g/mol. The van der Waals surface area contributed by atoms with Crippen LogP contribution in [0.1, 0.15) is 29.5 Å². The van der Waals surface area contributed by atoms with Crippen LogP contribution in [-0.4, -0.2) is 64.4 Å². The van der Waals surface area contributed by atoms with Crippen molar-refractivity contribution >= 4 is 22.7 Å². The fraction of sp³-hybridized carbons (Fsp3) is 0.333. The summed E-state index contributed by atoms with van der Waals surface area (Å²) in [6, 6.07) is 28.2. The van der Waals surface area contributed by atoms with Gasteiger partial charge in [0.05, 0.1) is 0 Å². The Morgan fingerprint density at radius 1 is 0.769 bits per heavy atom. The summed E-state index contributed by atoms with van der Waals surface area (Å²) in [4.78, 5) is 35.6. The molecule has 6 nitrogen and oxygen atoms in total. The van der Waals surface area contributed by atoms with Crippen LogP contribution in [-0.2, 0) is 28.9 Å². The van der Waals surface area contributed by atoms with Gasteiger partial charge in [-0.05, 0) is 48.4 Å². The van der Waals surface area contributed by atoms with Gasteiger partial charge in [0.2, 0.25) is 11.8 Å². The quantitative estimate of drug-likeness (QED) is 0.363. The molecule has 3 aromatic carbocycles. The van der Waals surface area contributed by atoms with Crippen molar-refractivity contribution in [1.82, 2.24) is 20.1 Å². The highest BCUT2D eigenvalue weighted by Gasteiger charge is 2.53. The van der Waals surface area contributed by atoms with Gasteiger partial charge in [-0.3, -0.25) is 9.59 Å². The third-order valence-electron chi connectivity index (χ3n) is 8.61. The minimum Gasteiger partial charge on any atom is -0.361 e. The predicted octanol–water partition coefficient (Wildman–Crippen LogP) is 4.36. The number of nitrogens with zero attached hydrogens (tertiary/aromatic N) is 2. The Kier molecular flexibility index (Phi) is 7.20. The highest BCUT2D eigenvalue weighted by molar-refractivity contribution is 6.00. The number of hydrogen-bond donors (Lipinski definition) is 2. The second-order valence-electron chi connectivity index (χ2n) is 10.9. The number of piperidine rings is 1. The van der Waals surface area contributed by atoms with Crippen LogP contribution in [0.15, 0.2) is 91.1 Å². The summed E-state index contributed by atoms with van der Waals surface area (Å²) in [5.41, 5.74) is 3.87. The Labute approximate surface area is 230 Å². The van der Waals surface area contributed by atoms with E-state index in [1.54, 1.807) is 0 Å². The molecular weight excluding hydrogens is 484 g/mol. The minimum atomic E-state index is -0.792. The lowest BCUT2D eigenvalue weighted by Crippen LogP contribution is -2.73. The Bertz CT molecular complexity index is 1420. The largest absolute Gasteiger partial charge is 0.361 e. The number of piperazine rings is 1. The Balaban J connectivity index is 1.21. The number of carbonyl (C=O) groups excluding carboxylic acids is 2. The van der Waals surface area contributed by atoms with E-state index in [2.05, 4.69) is 51.6 Å². The smallest absolute Gasteiger partial charge is 0.246 e. The summed E-state index contributed by atoms with van der Waals surface area (Å²) in [5, 5.41) is 4.32. The normalized spacial score (nSPS) is 19.5. The second-order valence-corrected chi connectivity index (χ2v) is 10.9. The average molecular weight is 521 g/mol. The fourth-order valence-corrected chi connectivity index (χ4v) is 6.33. The Morgan fingerprint density at radius 3 is 2.18 bits per heavy atom. The molecule has 6 rings (SSSR count). The number of para-hydroxylation sites is 1. The van der Waals surface area contributed by atoms with Crippen LogP contribution < -0.4 is 5.32 Å². The zero-order valence-corrected chi connectivity index (χ0v) is 22.3. The van der Waals surface area contributed by atoms with Crippen LogP contribution in [0.25, 0.3) is 10.9 Å². The number of rotatable bonds is 8. The van der Waals surface area contributed by atoms with Crippen molar-refractivity contribution in [3.63, 3.8) is 0 Å². The molecule has 4 aromatic rings. The molecule has 2 N–H and O–H groups in total. The second kappa shape index (κ2) is 11.1. The fourth-order valence-electron chi connectivity index (χ4n) is 6.33. The van der Waals surface area contributed by atoms with E-state index in [0.29, 0.717) is 32.2 Å². The molecule has 0 saturated carbocycles. The number of aromatic nitrogens is 1. The van der Waals surface area contributed by atoms with Gasteiger partial charge < -0.3 is 20.1 Å². The summed E-state index contributed by atoms with van der Waals surface area (Å²) in [5.74, 6) is 0.0423. The van der Waals surface area contributed by atoms with Crippen LogP contribution in [0.5, 0.6) is 0 Å². The molecule has 0 aliphatic carbocycles. The van der Waals surface area contributed by atoms with Crippen molar-refractivity contribution in [3.05, 3.63) is 108 Å². The summed E-state index contributed by atoms with van der Waals surface area (Å²) >= 11 is 0. The van der Waals surface area contributed by atoms with Crippen molar-refractivity contribution in [3.8, 4) is 0 Å². The van der Waals surface area contributed by atoms with Crippen molar-refractivity contribution in [2.45, 2.75) is 43.7 Å². The van der Waals surface area contributed by atoms with Crippen LogP contribution in [0.4, 0.5) is 0 Å². The molecule has 200 valence electrons. The number of nitrogens with one attached hydrogen (secondary N) is 2. The maximum Gasteiger partial charge on any atom is 0.246 e. The van der Waals surface area contributed by atoms with Gasteiger partial charge in [0.15, 0.2) is 0 Å². The lowest BCUT2D eigenvalue weighted by molar-refractivity contribution is -0.161. The first-order valence-electron chi connectivity index (χ1n) is 14.1. The number of likely N-dealkylation sites (tertiary alicyclic amines) is 1. The molecule has 1 aromatic heterocycles. The minimum absolute atomic E-state index is 0.00432. The lowest BCUT2D eigenvalue weighted by Gasteiger charge is -2.51. The standard InChI is InChI=1S/C33H36N4O2/c38-31-30(23-26-11-5-2-6-12-26)35-32(39)33(17-21-36(22-18-33)19-15-25-9-3-1-4-10-25)37(31)20-16-27-24-34-29-14-8-7-13-28(27)29/h1-14,24,30,34H,15-23H2,(H,35,39). The molecule has 1 atom stereocenters. The third kappa shape index (κ3) is 5.21. The number of amides is 2. The van der Waals surface area contributed by atoms with E-state index in [0.717, 1.165) is 37.1 Å². The summed E-state index contributed by atoms with van der Waals surface area (Å²) in [6.45, 7) is 3.10. The molecule has 0 bridgehead atoms. The lowest BCUT2D eigenvalue weighted by atomic mass is 9.80. The van der Waals surface area contributed by atoms with Crippen LogP contribution >= 0.6 is 0 Å². The molecular formula is C33H36N4O2. The van der Waals surface area contributed by atoms with Crippen molar-refractivity contribution in [1.29, 1.82) is 0 Å². The first-order chi connectivity index (χ1) is 19.1. The van der Waals surface area contributed by atoms with Crippen LogP contribution in [0, 0.1) is 0 Å². The molecule has 2 aliphatic heterocycles. The number of fused-ring (bicyclic) bond motifs is 1. The van der Waals surface area contributed by atoms with E-state index in [1.165, 1.54) is 16.5 Å². The van der Waals surface area contributed by atoms with Gasteiger partial charge in [-0.25, -0.2) is 0 Å². The molecule has 0 radical (unpaired) electrons. The van der Waals surface area contributed by atoms with E-state index < -0.39 is 11.6 Å². The van der Waals surface area contributed by atoms with E-state index in [9.17, 15) is 9.59 Å². The van der Waals surface area contributed by atoms with Crippen molar-refractivity contribution in [2.75, 3.05) is 26.2 Å². The van der Waals surface area contributed by atoms with Crippen LogP contribution in [0.2, 0.25) is 0 Å². The highest BCUT2D eigenvalue weighted by Crippen LogP contribution is 2.34. The average Bonchev–Trinajstić information content (AvgIpc) is 3.40. The first kappa shape index (κ1) is 25.4. The van der Waals surface area contributed by atoms with Gasteiger partial charge in [0.1, 0.15) is 11.6 Å². The Hall–Kier alpha value is -3.90. The molecule has 2 amide bonds. The van der Waals surface area contributed by atoms with Gasteiger partial charge >= 0.3 is 0 Å². The summed E-state index contributed by atoms with van der Waals surface area (Å²) in [6.07, 6.45) is 5.56. The van der Waals surface area contributed by atoms with E-state index in [4.69, 9.17) is 0 Å². The van der Waals surface area contributed by atoms with Gasteiger partial charge in [-0.2, -0.15) is 0 Å². The van der Waals surface area contributed by atoms with Crippen molar-refractivity contribution in [2.24, 2.45) is 0 Å². The zero-order valence-electron chi connectivity index (χ0n) is 22.3. The number of benzene rings is 3. The molecule has 2 saturated heterocycles. The van der Waals surface area contributed by atoms with E-state index >= 15 is 0 Å². The maximum atomic E-state index is 14.1. The topological polar surface area (TPSA) is 68.4 Å². The van der Waals surface area contributed by atoms with Gasteiger partial charge in [-0.1, -0.05) is 78.9 Å². The number of hydrogen-bond acceptors (Lipinski definition) is 3. The molecule has 2 aliphatic rings. The summed E-state index contributed by atoms with van der Waals surface area (Å²) < 4.78 is 0. The van der Waals surface area contributed by atoms with E-state index in [-0.39, 0.29) is 11.8 Å². The Morgan fingerprint density at radius 2 is 1.44 bits per heavy atom. The summed E-state index contributed by atoms with van der Waals surface area (Å²) in [7, 11) is 0. The molecule has 39 heavy (non-hydrogen) atoms.